The zero-order valence-corrected chi connectivity index (χ0v) is 11.2. The molecule has 0 heterocycles. The molecule has 0 spiro atoms. The highest BCUT2D eigenvalue weighted by atomic mass is 16.1. The van der Waals surface area contributed by atoms with Crippen LogP contribution in [0.1, 0.15) is 42.7 Å². The standard InChI is InChI=1S/C17H21NO/c1-3-7-15-14(10-13-8-5-4-6-9-13)11-16(12(2)18)17(15)19/h4-6,8-9H,3,7,10-11,18H2,1-2H3/b16-12+/i2D3. The number of carbonyl (C=O) groups is 1. The second-order valence-electron chi connectivity index (χ2n) is 4.89. The normalized spacial score (nSPS) is 21.1. The van der Waals surface area contributed by atoms with Gasteiger partial charge < -0.3 is 5.73 Å². The van der Waals surface area contributed by atoms with Gasteiger partial charge >= 0.3 is 0 Å². The number of carbonyl (C=O) groups excluding carboxylic acids is 1. The Morgan fingerprint density at radius 2 is 2.11 bits per heavy atom. The van der Waals surface area contributed by atoms with Crippen molar-refractivity contribution in [1.82, 2.24) is 0 Å². The molecule has 0 unspecified atom stereocenters. The van der Waals surface area contributed by atoms with Gasteiger partial charge in [-0.3, -0.25) is 4.79 Å². The Balaban J connectivity index is 2.36. The van der Waals surface area contributed by atoms with Crippen LogP contribution in [0.15, 0.2) is 52.7 Å². The summed E-state index contributed by atoms with van der Waals surface area (Å²) < 4.78 is 22.3. The summed E-state index contributed by atoms with van der Waals surface area (Å²) in [6, 6.07) is 9.88. The van der Waals surface area contributed by atoms with Gasteiger partial charge in [0, 0.05) is 15.4 Å². The quantitative estimate of drug-likeness (QED) is 0.839. The largest absolute Gasteiger partial charge is 0.402 e. The van der Waals surface area contributed by atoms with Crippen molar-refractivity contribution in [3.8, 4) is 0 Å². The fraction of sp³-hybridized carbons (Fsp3) is 0.353. The van der Waals surface area contributed by atoms with E-state index in [-0.39, 0.29) is 17.1 Å². The molecule has 0 saturated carbocycles. The molecule has 0 saturated heterocycles. The average molecular weight is 258 g/mol. The van der Waals surface area contributed by atoms with E-state index in [9.17, 15) is 4.79 Å². The molecule has 0 radical (unpaired) electrons. The summed E-state index contributed by atoms with van der Waals surface area (Å²) in [4.78, 5) is 12.5. The molecule has 0 aromatic heterocycles. The van der Waals surface area contributed by atoms with Crippen molar-refractivity contribution in [2.45, 2.75) is 39.5 Å². The fourth-order valence-electron chi connectivity index (χ4n) is 2.51. The van der Waals surface area contributed by atoms with Crippen LogP contribution < -0.4 is 5.73 Å². The number of nitrogens with two attached hydrogens (primary N) is 1. The number of allylic oxidation sites excluding steroid dienone is 4. The molecule has 2 heteroatoms. The predicted molar refractivity (Wildman–Crippen MR) is 78.6 cm³/mol. The lowest BCUT2D eigenvalue weighted by atomic mass is 9.99. The number of rotatable bonds is 4. The first-order chi connectivity index (χ1) is 10.3. The van der Waals surface area contributed by atoms with Gasteiger partial charge in [-0.25, -0.2) is 0 Å². The van der Waals surface area contributed by atoms with Crippen LogP contribution in [0.25, 0.3) is 0 Å². The topological polar surface area (TPSA) is 43.1 Å². The van der Waals surface area contributed by atoms with Gasteiger partial charge in [0.25, 0.3) is 0 Å². The first-order valence-corrected chi connectivity index (χ1v) is 6.63. The van der Waals surface area contributed by atoms with Crippen LogP contribution in [0.5, 0.6) is 0 Å². The van der Waals surface area contributed by atoms with E-state index in [4.69, 9.17) is 9.85 Å². The average Bonchev–Trinajstić information content (AvgIpc) is 2.76. The zero-order chi connectivity index (χ0) is 16.3. The molecule has 0 aliphatic heterocycles. The van der Waals surface area contributed by atoms with E-state index in [1.54, 1.807) is 0 Å². The van der Waals surface area contributed by atoms with Gasteiger partial charge in [-0.2, -0.15) is 0 Å². The van der Waals surface area contributed by atoms with Crippen LogP contribution in [0, 0.1) is 0 Å². The molecule has 1 aliphatic rings. The molecular formula is C17H21NO. The van der Waals surface area contributed by atoms with E-state index in [0.717, 1.165) is 23.1 Å². The van der Waals surface area contributed by atoms with Crippen LogP contribution in [-0.4, -0.2) is 5.78 Å². The number of Topliss-reactive ketones (excluding diaryl/α,β-unsaturated/α-hetero) is 1. The summed E-state index contributed by atoms with van der Waals surface area (Å²) in [5.41, 5.74) is 8.60. The predicted octanol–water partition coefficient (Wildman–Crippen LogP) is 3.53. The van der Waals surface area contributed by atoms with Crippen LogP contribution in [0.2, 0.25) is 0 Å². The van der Waals surface area contributed by atoms with Crippen LogP contribution in [-0.2, 0) is 11.2 Å². The van der Waals surface area contributed by atoms with E-state index >= 15 is 0 Å². The van der Waals surface area contributed by atoms with E-state index in [1.165, 1.54) is 0 Å². The highest BCUT2D eigenvalue weighted by Crippen LogP contribution is 2.33. The number of benzene rings is 1. The highest BCUT2D eigenvalue weighted by molar-refractivity contribution is 6.12. The molecule has 0 atom stereocenters. The van der Waals surface area contributed by atoms with Gasteiger partial charge in [0.2, 0.25) is 0 Å². The molecule has 1 aromatic carbocycles. The molecule has 2 nitrogen and oxygen atoms in total. The van der Waals surface area contributed by atoms with E-state index in [1.807, 2.05) is 37.3 Å². The van der Waals surface area contributed by atoms with Gasteiger partial charge in [0.1, 0.15) is 0 Å². The SMILES string of the molecule is [2H]C([2H])([2H])/C(N)=C1/CC(Cc2ccccc2)=C(CCC)C1=O. The molecule has 1 aromatic rings. The maximum atomic E-state index is 12.5. The maximum absolute atomic E-state index is 12.5. The first kappa shape index (κ1) is 10.0. The summed E-state index contributed by atoms with van der Waals surface area (Å²) in [6.07, 6.45) is 2.53. The number of ketones is 1. The Kier molecular flexibility index (Phi) is 3.10. The van der Waals surface area contributed by atoms with Crippen molar-refractivity contribution in [1.29, 1.82) is 0 Å². The van der Waals surface area contributed by atoms with Gasteiger partial charge in [0.15, 0.2) is 5.78 Å². The lowest BCUT2D eigenvalue weighted by molar-refractivity contribution is -0.112. The molecule has 2 N–H and O–H groups in total. The van der Waals surface area contributed by atoms with Crippen LogP contribution in [0.4, 0.5) is 0 Å². The summed E-state index contributed by atoms with van der Waals surface area (Å²) in [5, 5.41) is 0. The van der Waals surface area contributed by atoms with Crippen LogP contribution in [0.3, 0.4) is 0 Å². The minimum Gasteiger partial charge on any atom is -0.402 e. The van der Waals surface area contributed by atoms with Crippen molar-refractivity contribution in [3.63, 3.8) is 0 Å². The second kappa shape index (κ2) is 5.87. The van der Waals surface area contributed by atoms with Crippen molar-refractivity contribution in [2.75, 3.05) is 0 Å². The third kappa shape index (κ3) is 2.95. The van der Waals surface area contributed by atoms with Crippen molar-refractivity contribution in [3.05, 3.63) is 58.3 Å². The maximum Gasteiger partial charge on any atom is 0.186 e. The van der Waals surface area contributed by atoms with E-state index in [0.29, 0.717) is 19.3 Å². The summed E-state index contributed by atoms with van der Waals surface area (Å²) in [7, 11) is 0. The molecule has 19 heavy (non-hydrogen) atoms. The fourth-order valence-corrected chi connectivity index (χ4v) is 2.51. The van der Waals surface area contributed by atoms with Crippen LogP contribution >= 0.6 is 0 Å². The Morgan fingerprint density at radius 3 is 2.74 bits per heavy atom. The van der Waals surface area contributed by atoms with Crippen molar-refractivity contribution in [2.24, 2.45) is 5.73 Å². The Hall–Kier alpha value is -1.83. The lowest BCUT2D eigenvalue weighted by Crippen LogP contribution is -2.06. The van der Waals surface area contributed by atoms with Gasteiger partial charge in [-0.1, -0.05) is 49.2 Å². The summed E-state index contributed by atoms with van der Waals surface area (Å²) >= 11 is 0. The molecule has 0 bridgehead atoms. The van der Waals surface area contributed by atoms with Gasteiger partial charge in [0.05, 0.1) is 0 Å². The molecule has 1 aliphatic carbocycles. The third-order valence-corrected chi connectivity index (χ3v) is 3.45. The minimum atomic E-state index is -2.41. The Morgan fingerprint density at radius 1 is 1.37 bits per heavy atom. The molecule has 0 amide bonds. The molecule has 100 valence electrons. The number of hydrogen-bond acceptors (Lipinski definition) is 2. The minimum absolute atomic E-state index is 0.179. The van der Waals surface area contributed by atoms with E-state index in [2.05, 4.69) is 0 Å². The van der Waals surface area contributed by atoms with Gasteiger partial charge in [-0.15, -0.1) is 0 Å². The Bertz CT molecular complexity index is 627. The molecular weight excluding hydrogens is 234 g/mol. The highest BCUT2D eigenvalue weighted by Gasteiger charge is 2.27. The van der Waals surface area contributed by atoms with Crippen molar-refractivity contribution < 1.29 is 8.91 Å². The smallest absolute Gasteiger partial charge is 0.186 e. The van der Waals surface area contributed by atoms with Crippen molar-refractivity contribution >= 4 is 5.78 Å². The van der Waals surface area contributed by atoms with Gasteiger partial charge in [-0.05, 0) is 37.3 Å². The molecule has 0 fully saturated rings. The summed E-state index contributed by atoms with van der Waals surface area (Å²) in [6.45, 7) is -0.403. The zero-order valence-electron chi connectivity index (χ0n) is 14.2. The Labute approximate surface area is 119 Å². The molecule has 2 rings (SSSR count). The third-order valence-electron chi connectivity index (χ3n) is 3.45. The lowest BCUT2D eigenvalue weighted by Gasteiger charge is -2.05. The second-order valence-corrected chi connectivity index (χ2v) is 4.89. The summed E-state index contributed by atoms with van der Waals surface area (Å²) in [5.74, 6) is -0.179. The van der Waals surface area contributed by atoms with E-state index < -0.39 is 6.85 Å². The number of hydrogen-bond donors (Lipinski definition) is 1. The first-order valence-electron chi connectivity index (χ1n) is 8.13. The monoisotopic (exact) mass is 258 g/mol.